The van der Waals surface area contributed by atoms with Crippen LogP contribution in [0.1, 0.15) is 19.8 Å². The second-order valence-electron chi connectivity index (χ2n) is 4.78. The van der Waals surface area contributed by atoms with Crippen molar-refractivity contribution in [3.63, 3.8) is 0 Å². The lowest BCUT2D eigenvalue weighted by molar-refractivity contribution is 0.248. The van der Waals surface area contributed by atoms with Gasteiger partial charge >= 0.3 is 0 Å². The van der Waals surface area contributed by atoms with E-state index in [1.807, 2.05) is 14.0 Å². The van der Waals surface area contributed by atoms with Crippen molar-refractivity contribution >= 4 is 48.9 Å². The minimum atomic E-state index is -3.47. The molecule has 1 saturated carbocycles. The number of hydrogen-bond donors (Lipinski definition) is 1. The van der Waals surface area contributed by atoms with E-state index < -0.39 is 10.0 Å². The summed E-state index contributed by atoms with van der Waals surface area (Å²) in [7, 11) is -1.43. The van der Waals surface area contributed by atoms with Gasteiger partial charge in [0.25, 0.3) is 0 Å². The fourth-order valence-electron chi connectivity index (χ4n) is 1.75. The third-order valence-corrected chi connectivity index (χ3v) is 7.65. The third kappa shape index (κ3) is 3.92. The average Bonchev–Trinajstić information content (AvgIpc) is 3.13. The molecule has 0 spiro atoms. The molecule has 1 N–H and O–H groups in total. The van der Waals surface area contributed by atoms with E-state index in [1.54, 1.807) is 0 Å². The van der Waals surface area contributed by atoms with Crippen LogP contribution < -0.4 is 4.72 Å². The Morgan fingerprint density at radius 2 is 2.26 bits per heavy atom. The van der Waals surface area contributed by atoms with E-state index in [0.717, 1.165) is 11.3 Å². The SMILES string of the molecule is CC(CNS(=O)(=O)c1cc(Cl)c(Br)s1)N(C)C1CC1. The highest BCUT2D eigenvalue weighted by Crippen LogP contribution is 2.34. The molecule has 0 radical (unpaired) electrons. The molecule has 1 aliphatic rings. The Bertz CT molecular complexity index is 538. The summed E-state index contributed by atoms with van der Waals surface area (Å²) in [5.74, 6) is 0. The molecular formula is C11H16BrClN2O2S2. The average molecular weight is 388 g/mol. The van der Waals surface area contributed by atoms with Gasteiger partial charge in [-0.05, 0) is 48.8 Å². The molecule has 0 aromatic carbocycles. The minimum Gasteiger partial charge on any atom is -0.299 e. The summed E-state index contributed by atoms with van der Waals surface area (Å²) in [5, 5.41) is 0.425. The summed E-state index contributed by atoms with van der Waals surface area (Å²) < 4.78 is 27.7. The van der Waals surface area contributed by atoms with Crippen molar-refractivity contribution < 1.29 is 8.42 Å². The number of rotatable bonds is 6. The lowest BCUT2D eigenvalue weighted by Crippen LogP contribution is -2.40. The van der Waals surface area contributed by atoms with Crippen molar-refractivity contribution in [2.45, 2.75) is 36.1 Å². The molecule has 19 heavy (non-hydrogen) atoms. The first kappa shape index (κ1) is 15.7. The summed E-state index contributed by atoms with van der Waals surface area (Å²) in [4.78, 5) is 2.22. The zero-order chi connectivity index (χ0) is 14.2. The van der Waals surface area contributed by atoms with Crippen LogP contribution in [0.25, 0.3) is 0 Å². The van der Waals surface area contributed by atoms with Gasteiger partial charge in [0.1, 0.15) is 4.21 Å². The molecule has 108 valence electrons. The van der Waals surface area contributed by atoms with E-state index in [9.17, 15) is 8.42 Å². The van der Waals surface area contributed by atoms with Gasteiger partial charge in [-0.2, -0.15) is 0 Å². The monoisotopic (exact) mass is 386 g/mol. The molecule has 0 amide bonds. The van der Waals surface area contributed by atoms with E-state index in [2.05, 4.69) is 25.6 Å². The molecule has 4 nitrogen and oxygen atoms in total. The number of sulfonamides is 1. The topological polar surface area (TPSA) is 49.4 Å². The number of halogens is 2. The molecule has 2 rings (SSSR count). The predicted octanol–water partition coefficient (Wildman–Crippen LogP) is 2.93. The van der Waals surface area contributed by atoms with Gasteiger partial charge in [-0.3, -0.25) is 4.90 Å². The van der Waals surface area contributed by atoms with Gasteiger partial charge < -0.3 is 0 Å². The van der Waals surface area contributed by atoms with Crippen LogP contribution in [-0.2, 0) is 10.0 Å². The molecule has 1 aliphatic carbocycles. The molecule has 8 heteroatoms. The van der Waals surface area contributed by atoms with Crippen LogP contribution >= 0.6 is 38.9 Å². The molecule has 0 saturated heterocycles. The van der Waals surface area contributed by atoms with Crippen LogP contribution in [0, 0.1) is 0 Å². The van der Waals surface area contributed by atoms with Crippen molar-refractivity contribution in [2.24, 2.45) is 0 Å². The molecule has 1 aromatic heterocycles. The highest BCUT2D eigenvalue weighted by molar-refractivity contribution is 9.11. The lowest BCUT2D eigenvalue weighted by Gasteiger charge is -2.24. The molecule has 1 atom stereocenters. The Kier molecular flexibility index (Phi) is 4.96. The molecular weight excluding hydrogens is 372 g/mol. The smallest absolute Gasteiger partial charge is 0.250 e. The van der Waals surface area contributed by atoms with Gasteiger partial charge in [0.2, 0.25) is 10.0 Å². The van der Waals surface area contributed by atoms with Gasteiger partial charge in [-0.15, -0.1) is 11.3 Å². The molecule has 0 aliphatic heterocycles. The van der Waals surface area contributed by atoms with Gasteiger partial charge in [0.15, 0.2) is 0 Å². The highest BCUT2D eigenvalue weighted by Gasteiger charge is 2.29. The van der Waals surface area contributed by atoms with E-state index in [0.29, 0.717) is 21.4 Å². The summed E-state index contributed by atoms with van der Waals surface area (Å²) in [6, 6.07) is 2.26. The van der Waals surface area contributed by atoms with Gasteiger partial charge in [0, 0.05) is 18.6 Å². The fourth-order valence-corrected chi connectivity index (χ4v) is 5.31. The van der Waals surface area contributed by atoms with Crippen molar-refractivity contribution in [3.8, 4) is 0 Å². The number of hydrogen-bond acceptors (Lipinski definition) is 4. The molecule has 1 unspecified atom stereocenters. The maximum atomic E-state index is 12.1. The largest absolute Gasteiger partial charge is 0.299 e. The highest BCUT2D eigenvalue weighted by atomic mass is 79.9. The Morgan fingerprint density at radius 1 is 1.63 bits per heavy atom. The van der Waals surface area contributed by atoms with Crippen LogP contribution in [0.4, 0.5) is 0 Å². The zero-order valence-corrected chi connectivity index (χ0v) is 14.7. The molecule has 0 bridgehead atoms. The van der Waals surface area contributed by atoms with E-state index >= 15 is 0 Å². The van der Waals surface area contributed by atoms with Crippen LogP contribution in [0.5, 0.6) is 0 Å². The van der Waals surface area contributed by atoms with E-state index in [1.165, 1.54) is 18.9 Å². The molecule has 1 aromatic rings. The van der Waals surface area contributed by atoms with E-state index in [4.69, 9.17) is 11.6 Å². The lowest BCUT2D eigenvalue weighted by atomic mass is 10.3. The second-order valence-corrected chi connectivity index (χ2v) is 9.56. The normalized spacial score (nSPS) is 17.9. The van der Waals surface area contributed by atoms with Gasteiger partial charge in [-0.1, -0.05) is 11.6 Å². The van der Waals surface area contributed by atoms with E-state index in [-0.39, 0.29) is 10.3 Å². The van der Waals surface area contributed by atoms with Crippen LogP contribution in [0.15, 0.2) is 14.1 Å². The number of thiophene rings is 1. The summed E-state index contributed by atoms with van der Waals surface area (Å²) in [5.41, 5.74) is 0. The summed E-state index contributed by atoms with van der Waals surface area (Å²) in [6.07, 6.45) is 2.42. The third-order valence-electron chi connectivity index (χ3n) is 3.27. The zero-order valence-electron chi connectivity index (χ0n) is 10.7. The Labute approximate surface area is 131 Å². The number of nitrogens with one attached hydrogen (secondary N) is 1. The van der Waals surface area contributed by atoms with Crippen molar-refractivity contribution in [1.29, 1.82) is 0 Å². The fraction of sp³-hybridized carbons (Fsp3) is 0.636. The van der Waals surface area contributed by atoms with Crippen molar-refractivity contribution in [2.75, 3.05) is 13.6 Å². The van der Waals surface area contributed by atoms with Gasteiger partial charge in [0.05, 0.1) is 8.81 Å². The summed E-state index contributed by atoms with van der Waals surface area (Å²) >= 11 is 10.2. The standard InChI is InChI=1S/C11H16BrClN2O2S2/c1-7(15(2)8-3-4-8)6-14-19(16,17)10-5-9(13)11(12)18-10/h5,7-8,14H,3-4,6H2,1-2H3. The maximum absolute atomic E-state index is 12.1. The number of nitrogens with zero attached hydrogens (tertiary/aromatic N) is 1. The second kappa shape index (κ2) is 5.99. The van der Waals surface area contributed by atoms with Crippen molar-refractivity contribution in [3.05, 3.63) is 14.9 Å². The Balaban J connectivity index is 1.97. The maximum Gasteiger partial charge on any atom is 0.250 e. The first-order valence-electron chi connectivity index (χ1n) is 5.97. The Hall–Kier alpha value is 0.340. The van der Waals surface area contributed by atoms with Crippen LogP contribution in [-0.4, -0.2) is 39.0 Å². The molecule has 1 heterocycles. The van der Waals surface area contributed by atoms with Crippen LogP contribution in [0.3, 0.4) is 0 Å². The van der Waals surface area contributed by atoms with Gasteiger partial charge in [-0.25, -0.2) is 13.1 Å². The number of likely N-dealkylation sites (N-methyl/N-ethyl adjacent to an activating group) is 1. The quantitative estimate of drug-likeness (QED) is 0.816. The summed E-state index contributed by atoms with van der Waals surface area (Å²) in [6.45, 7) is 2.43. The first-order chi connectivity index (χ1) is 8.81. The van der Waals surface area contributed by atoms with Crippen LogP contribution in [0.2, 0.25) is 5.02 Å². The minimum absolute atomic E-state index is 0.182. The Morgan fingerprint density at radius 3 is 2.74 bits per heavy atom. The first-order valence-corrected chi connectivity index (χ1v) is 9.45. The molecule has 1 fully saturated rings. The van der Waals surface area contributed by atoms with Crippen molar-refractivity contribution in [1.82, 2.24) is 9.62 Å². The predicted molar refractivity (Wildman–Crippen MR) is 82.5 cm³/mol.